The Bertz CT molecular complexity index is 875. The lowest BCUT2D eigenvalue weighted by Crippen LogP contribution is -2.06. The van der Waals surface area contributed by atoms with Crippen LogP contribution in [0, 0.1) is 18.5 Å². The van der Waals surface area contributed by atoms with Gasteiger partial charge in [0.25, 0.3) is 0 Å². The van der Waals surface area contributed by atoms with Crippen LogP contribution in [0.1, 0.15) is 11.4 Å². The molecule has 100 valence electrons. The third-order valence-corrected chi connectivity index (χ3v) is 3.87. The molecule has 0 aliphatic heterocycles. The molecule has 0 spiro atoms. The van der Waals surface area contributed by atoms with E-state index in [1.54, 1.807) is 0 Å². The Balaban J connectivity index is 2.44. The highest BCUT2D eigenvalue weighted by Gasteiger charge is 2.07. The third kappa shape index (κ3) is 2.08. The van der Waals surface area contributed by atoms with E-state index in [1.807, 2.05) is 66.9 Å². The highest BCUT2D eigenvalue weighted by atomic mass is 32.1. The Kier molecular flexibility index (Phi) is 3.24. The van der Waals surface area contributed by atoms with Crippen LogP contribution in [0.3, 0.4) is 0 Å². The van der Waals surface area contributed by atoms with Crippen LogP contribution < -0.4 is 0 Å². The first-order valence-corrected chi connectivity index (χ1v) is 7.13. The quantitative estimate of drug-likeness (QED) is 0.641. The lowest BCUT2D eigenvalue weighted by Gasteiger charge is -2.12. The Morgan fingerprint density at radius 1 is 1.00 bits per heavy atom. The molecule has 2 aromatic carbocycles. The van der Waals surface area contributed by atoms with Gasteiger partial charge in [0.2, 0.25) is 0 Å². The maximum atomic E-state index is 11.6. The van der Waals surface area contributed by atoms with Crippen molar-refractivity contribution in [3.63, 3.8) is 0 Å². The number of hydrogen-bond donors (Lipinski definition) is 0. The van der Waals surface area contributed by atoms with Gasteiger partial charge in [-0.1, -0.05) is 29.8 Å². The first-order chi connectivity index (χ1) is 9.70. The second-order valence-electron chi connectivity index (χ2n) is 4.74. The van der Waals surface area contributed by atoms with Crippen LogP contribution in [0.2, 0.25) is 0 Å². The lowest BCUT2D eigenvalue weighted by molar-refractivity contribution is 0.698. The number of hydrogen-bond acceptors (Lipinski definition) is 2. The first kappa shape index (κ1) is 12.8. The number of rotatable bonds is 1. The molecule has 0 saturated carbocycles. The molecule has 0 bridgehead atoms. The highest BCUT2D eigenvalue weighted by Crippen LogP contribution is 2.18. The minimum atomic E-state index is 0.511. The molecule has 0 unspecified atom stereocenters. The van der Waals surface area contributed by atoms with Crippen molar-refractivity contribution in [2.24, 2.45) is 0 Å². The van der Waals surface area contributed by atoms with E-state index in [0.29, 0.717) is 15.9 Å². The summed E-state index contributed by atoms with van der Waals surface area (Å²) < 4.78 is 14.2. The standard InChI is InChI=1S/C16H14N2OS/c1-11-7-9-13(10-8-11)18-12(2)17-15-6-4-3-5-14(15)16(18)20-19/h3-10H,1-2H3. The van der Waals surface area contributed by atoms with Crippen molar-refractivity contribution in [3.05, 3.63) is 64.6 Å². The van der Waals surface area contributed by atoms with Crippen LogP contribution in [0.5, 0.6) is 0 Å². The van der Waals surface area contributed by atoms with Crippen molar-refractivity contribution in [2.45, 2.75) is 13.8 Å². The van der Waals surface area contributed by atoms with Gasteiger partial charge in [0.1, 0.15) is 17.1 Å². The molecular formula is C16H14N2OS. The van der Waals surface area contributed by atoms with E-state index in [1.165, 1.54) is 5.56 Å². The van der Waals surface area contributed by atoms with Crippen LogP contribution in [0.25, 0.3) is 16.6 Å². The molecular weight excluding hydrogens is 268 g/mol. The van der Waals surface area contributed by atoms with Gasteiger partial charge in [-0.3, -0.25) is 4.57 Å². The van der Waals surface area contributed by atoms with Crippen molar-refractivity contribution in [2.75, 3.05) is 0 Å². The average molecular weight is 282 g/mol. The zero-order chi connectivity index (χ0) is 14.1. The molecule has 0 amide bonds. The number of para-hydroxylation sites is 1. The van der Waals surface area contributed by atoms with Crippen molar-refractivity contribution in [1.82, 2.24) is 9.55 Å². The van der Waals surface area contributed by atoms with E-state index in [0.717, 1.165) is 22.4 Å². The van der Waals surface area contributed by atoms with E-state index >= 15 is 0 Å². The summed E-state index contributed by atoms with van der Waals surface area (Å²) in [5, 5.41) is 0.888. The monoisotopic (exact) mass is 282 g/mol. The van der Waals surface area contributed by atoms with Gasteiger partial charge in [0.15, 0.2) is 4.64 Å². The zero-order valence-corrected chi connectivity index (χ0v) is 12.1. The summed E-state index contributed by atoms with van der Waals surface area (Å²) in [6.07, 6.45) is 0. The van der Waals surface area contributed by atoms with Crippen LogP contribution in [0.15, 0.2) is 48.5 Å². The number of benzene rings is 2. The summed E-state index contributed by atoms with van der Waals surface area (Å²) in [5.41, 5.74) is 3.01. The second kappa shape index (κ2) is 5.06. The van der Waals surface area contributed by atoms with Crippen molar-refractivity contribution in [1.29, 1.82) is 0 Å². The molecule has 0 atom stereocenters. The van der Waals surface area contributed by atoms with Crippen LogP contribution in [-0.2, 0) is 11.3 Å². The minimum Gasteiger partial charge on any atom is -0.287 e. The van der Waals surface area contributed by atoms with Gasteiger partial charge in [-0.25, -0.2) is 9.19 Å². The normalized spacial score (nSPS) is 10.7. The summed E-state index contributed by atoms with van der Waals surface area (Å²) in [5.74, 6) is 0.811. The maximum absolute atomic E-state index is 11.6. The predicted molar refractivity (Wildman–Crippen MR) is 81.9 cm³/mol. The molecule has 1 aromatic heterocycles. The minimum absolute atomic E-state index is 0.511. The van der Waals surface area contributed by atoms with E-state index in [4.69, 9.17) is 0 Å². The van der Waals surface area contributed by atoms with Gasteiger partial charge in [0.05, 0.1) is 5.52 Å². The summed E-state index contributed by atoms with van der Waals surface area (Å²) >= 11 is 0.511. The zero-order valence-electron chi connectivity index (χ0n) is 11.3. The van der Waals surface area contributed by atoms with Crippen LogP contribution in [-0.4, -0.2) is 13.8 Å². The molecule has 0 fully saturated rings. The molecule has 4 heteroatoms. The van der Waals surface area contributed by atoms with Gasteiger partial charge in [-0.15, -0.1) is 0 Å². The molecule has 3 aromatic rings. The largest absolute Gasteiger partial charge is 0.287 e. The molecule has 0 radical (unpaired) electrons. The highest BCUT2D eigenvalue weighted by molar-refractivity contribution is 7.57. The summed E-state index contributed by atoms with van der Waals surface area (Å²) in [4.78, 5) is 4.59. The lowest BCUT2D eigenvalue weighted by atomic mass is 10.2. The maximum Gasteiger partial charge on any atom is 0.151 e. The molecule has 0 aliphatic carbocycles. The van der Waals surface area contributed by atoms with Gasteiger partial charge in [-0.2, -0.15) is 0 Å². The fraction of sp³-hybridized carbons (Fsp3) is 0.125. The predicted octanol–water partition coefficient (Wildman–Crippen LogP) is 3.39. The number of aryl methyl sites for hydroxylation is 2. The molecule has 3 rings (SSSR count). The molecule has 20 heavy (non-hydrogen) atoms. The summed E-state index contributed by atoms with van der Waals surface area (Å²) in [6.45, 7) is 3.97. The van der Waals surface area contributed by atoms with Gasteiger partial charge in [-0.05, 0) is 38.1 Å². The fourth-order valence-corrected chi connectivity index (χ4v) is 2.90. The average Bonchev–Trinajstić information content (AvgIpc) is 2.47. The number of aromatic nitrogens is 2. The molecule has 0 N–H and O–H groups in total. The van der Waals surface area contributed by atoms with E-state index in [9.17, 15) is 4.21 Å². The Morgan fingerprint density at radius 2 is 1.70 bits per heavy atom. The summed E-state index contributed by atoms with van der Waals surface area (Å²) in [7, 11) is 0. The number of nitrogens with zero attached hydrogens (tertiary/aromatic N) is 2. The smallest absolute Gasteiger partial charge is 0.151 e. The molecule has 0 aliphatic rings. The molecule has 0 saturated heterocycles. The topological polar surface area (TPSA) is 34.9 Å². The van der Waals surface area contributed by atoms with E-state index in [-0.39, 0.29) is 0 Å². The second-order valence-corrected chi connectivity index (χ2v) is 5.29. The Morgan fingerprint density at radius 3 is 2.40 bits per heavy atom. The van der Waals surface area contributed by atoms with E-state index < -0.39 is 0 Å². The van der Waals surface area contributed by atoms with E-state index in [2.05, 4.69) is 4.98 Å². The van der Waals surface area contributed by atoms with Crippen LogP contribution in [0.4, 0.5) is 0 Å². The Hall–Kier alpha value is -2.20. The first-order valence-electron chi connectivity index (χ1n) is 6.39. The SMILES string of the molecule is Cc1ccc(-n2c(C)nc3ccccc3c2=S=O)cc1. The van der Waals surface area contributed by atoms with Gasteiger partial charge >= 0.3 is 0 Å². The van der Waals surface area contributed by atoms with Gasteiger partial charge in [0, 0.05) is 11.1 Å². The van der Waals surface area contributed by atoms with Crippen molar-refractivity contribution < 1.29 is 4.21 Å². The number of fused-ring (bicyclic) bond motifs is 1. The van der Waals surface area contributed by atoms with Crippen LogP contribution >= 0.6 is 0 Å². The third-order valence-electron chi connectivity index (χ3n) is 3.31. The van der Waals surface area contributed by atoms with Crippen molar-refractivity contribution >= 4 is 22.2 Å². The molecule has 3 nitrogen and oxygen atoms in total. The van der Waals surface area contributed by atoms with Crippen molar-refractivity contribution in [3.8, 4) is 5.69 Å². The summed E-state index contributed by atoms with van der Waals surface area (Å²) in [6, 6.07) is 15.8. The molecule has 1 heterocycles. The van der Waals surface area contributed by atoms with Gasteiger partial charge < -0.3 is 0 Å². The Labute approximate surface area is 120 Å². The fourth-order valence-electron chi connectivity index (χ4n) is 2.32.